The van der Waals surface area contributed by atoms with E-state index in [4.69, 9.17) is 11.6 Å². The number of hydrogen-bond donors (Lipinski definition) is 1. The topological polar surface area (TPSA) is 46.9 Å². The van der Waals surface area contributed by atoms with Crippen molar-refractivity contribution in [3.63, 3.8) is 0 Å². The van der Waals surface area contributed by atoms with Crippen LogP contribution in [-0.2, 0) is 6.54 Å². The molecule has 4 nitrogen and oxygen atoms in total. The first-order valence-corrected chi connectivity index (χ1v) is 6.93. The Morgan fingerprint density at radius 2 is 2.17 bits per heavy atom. The first-order chi connectivity index (χ1) is 8.56. The minimum absolute atomic E-state index is 0.230. The van der Waals surface area contributed by atoms with Gasteiger partial charge in [-0.3, -0.25) is 4.79 Å². The zero-order valence-electron chi connectivity index (χ0n) is 11.4. The Morgan fingerprint density at radius 3 is 2.78 bits per heavy atom. The summed E-state index contributed by atoms with van der Waals surface area (Å²) >= 11 is 6.00. The second-order valence-electron chi connectivity index (χ2n) is 4.81. The predicted molar refractivity (Wildman–Crippen MR) is 76.4 cm³/mol. The molecule has 0 aliphatic rings. The second-order valence-corrected chi connectivity index (χ2v) is 5.19. The van der Waals surface area contributed by atoms with Crippen LogP contribution in [0.4, 0.5) is 5.69 Å². The molecular weight excluding hydrogens is 250 g/mol. The monoisotopic (exact) mass is 271 g/mol. The van der Waals surface area contributed by atoms with Crippen molar-refractivity contribution in [1.82, 2.24) is 9.78 Å². The van der Waals surface area contributed by atoms with Crippen molar-refractivity contribution in [1.29, 1.82) is 0 Å². The molecule has 102 valence electrons. The van der Waals surface area contributed by atoms with Gasteiger partial charge < -0.3 is 5.32 Å². The predicted octanol–water partition coefficient (Wildman–Crippen LogP) is 3.15. The van der Waals surface area contributed by atoms with E-state index in [0.29, 0.717) is 12.2 Å². The van der Waals surface area contributed by atoms with Gasteiger partial charge in [-0.05, 0) is 19.3 Å². The van der Waals surface area contributed by atoms with Crippen molar-refractivity contribution in [2.45, 2.75) is 46.6 Å². The van der Waals surface area contributed by atoms with Crippen molar-refractivity contribution in [3.05, 3.63) is 21.6 Å². The lowest BCUT2D eigenvalue weighted by atomic mass is 10.1. The fraction of sp³-hybridized carbons (Fsp3) is 0.692. The lowest BCUT2D eigenvalue weighted by Gasteiger charge is -2.09. The highest BCUT2D eigenvalue weighted by Crippen LogP contribution is 2.15. The average molecular weight is 272 g/mol. The average Bonchev–Trinajstić information content (AvgIpc) is 2.33. The highest BCUT2D eigenvalue weighted by molar-refractivity contribution is 6.32. The second kappa shape index (κ2) is 7.41. The molecule has 1 aromatic rings. The van der Waals surface area contributed by atoms with Gasteiger partial charge in [-0.25, -0.2) is 4.68 Å². The third-order valence-corrected chi connectivity index (χ3v) is 3.17. The maximum Gasteiger partial charge on any atom is 0.287 e. The van der Waals surface area contributed by atoms with Gasteiger partial charge >= 0.3 is 0 Å². The van der Waals surface area contributed by atoms with Gasteiger partial charge in [0.25, 0.3) is 5.56 Å². The number of nitrogens with zero attached hydrogens (tertiary/aromatic N) is 2. The summed E-state index contributed by atoms with van der Waals surface area (Å²) < 4.78 is 1.35. The zero-order valence-corrected chi connectivity index (χ0v) is 12.1. The van der Waals surface area contributed by atoms with Crippen LogP contribution in [0.2, 0.25) is 5.02 Å². The van der Waals surface area contributed by atoms with E-state index in [1.807, 2.05) is 6.92 Å². The fourth-order valence-electron chi connectivity index (χ4n) is 1.71. The Kier molecular flexibility index (Phi) is 6.19. The summed E-state index contributed by atoms with van der Waals surface area (Å²) in [5.74, 6) is 0.740. The van der Waals surface area contributed by atoms with E-state index in [9.17, 15) is 4.79 Å². The zero-order chi connectivity index (χ0) is 13.5. The molecule has 0 aromatic carbocycles. The van der Waals surface area contributed by atoms with Crippen LogP contribution in [0.15, 0.2) is 11.0 Å². The highest BCUT2D eigenvalue weighted by Gasteiger charge is 2.07. The summed E-state index contributed by atoms with van der Waals surface area (Å²) in [7, 11) is 0. The number of nitrogens with one attached hydrogen (secondary N) is 1. The van der Waals surface area contributed by atoms with Crippen LogP contribution in [0.1, 0.15) is 40.0 Å². The molecule has 18 heavy (non-hydrogen) atoms. The molecule has 1 N–H and O–H groups in total. The third kappa shape index (κ3) is 4.33. The highest BCUT2D eigenvalue weighted by atomic mass is 35.5. The Hall–Kier alpha value is -1.03. The standard InChI is InChI=1S/C13H22ClN3O/c1-4-17-13(18)12(14)11(9-16-17)15-8-6-5-7-10(2)3/h9-10,15H,4-8H2,1-3H3. The van der Waals surface area contributed by atoms with Gasteiger partial charge in [-0.15, -0.1) is 0 Å². The molecule has 0 unspecified atom stereocenters. The molecule has 5 heteroatoms. The van der Waals surface area contributed by atoms with Gasteiger partial charge in [0.15, 0.2) is 0 Å². The first kappa shape index (κ1) is 15.0. The molecule has 0 fully saturated rings. The van der Waals surface area contributed by atoms with Crippen LogP contribution < -0.4 is 10.9 Å². The van der Waals surface area contributed by atoms with Gasteiger partial charge in [0.1, 0.15) is 5.02 Å². The SMILES string of the molecule is CCn1ncc(NCCCCC(C)C)c(Cl)c1=O. The molecule has 1 heterocycles. The first-order valence-electron chi connectivity index (χ1n) is 6.55. The van der Waals surface area contributed by atoms with Crippen LogP contribution in [0.25, 0.3) is 0 Å². The van der Waals surface area contributed by atoms with Gasteiger partial charge in [0.05, 0.1) is 11.9 Å². The Labute approximate surface area is 113 Å². The van der Waals surface area contributed by atoms with E-state index in [1.165, 1.54) is 17.5 Å². The summed E-state index contributed by atoms with van der Waals surface area (Å²) in [4.78, 5) is 11.7. The van der Waals surface area contributed by atoms with Gasteiger partial charge in [0.2, 0.25) is 0 Å². The number of hydrogen-bond acceptors (Lipinski definition) is 3. The number of aryl methyl sites for hydroxylation is 1. The quantitative estimate of drug-likeness (QED) is 0.775. The van der Waals surface area contributed by atoms with Crippen molar-refractivity contribution >= 4 is 17.3 Å². The molecule has 0 atom stereocenters. The molecule has 0 amide bonds. The van der Waals surface area contributed by atoms with E-state index in [2.05, 4.69) is 24.3 Å². The number of halogens is 1. The van der Waals surface area contributed by atoms with Crippen molar-refractivity contribution in [3.8, 4) is 0 Å². The number of anilines is 1. The summed E-state index contributed by atoms with van der Waals surface area (Å²) in [6, 6.07) is 0. The number of aromatic nitrogens is 2. The van der Waals surface area contributed by atoms with Crippen molar-refractivity contribution < 1.29 is 0 Å². The number of unbranched alkanes of at least 4 members (excludes halogenated alkanes) is 1. The largest absolute Gasteiger partial charge is 0.382 e. The minimum atomic E-state index is -0.230. The van der Waals surface area contributed by atoms with Crippen LogP contribution >= 0.6 is 11.6 Å². The Bertz CT molecular complexity index is 429. The van der Waals surface area contributed by atoms with E-state index in [0.717, 1.165) is 18.9 Å². The summed E-state index contributed by atoms with van der Waals surface area (Å²) in [5, 5.41) is 7.45. The normalized spacial score (nSPS) is 10.9. The van der Waals surface area contributed by atoms with Gasteiger partial charge in [-0.1, -0.05) is 38.3 Å². The fourth-order valence-corrected chi connectivity index (χ4v) is 1.93. The van der Waals surface area contributed by atoms with Crippen LogP contribution in [0.5, 0.6) is 0 Å². The molecule has 0 radical (unpaired) electrons. The maximum atomic E-state index is 11.7. The van der Waals surface area contributed by atoms with E-state index < -0.39 is 0 Å². The number of rotatable bonds is 7. The van der Waals surface area contributed by atoms with Gasteiger partial charge in [-0.2, -0.15) is 5.10 Å². The molecule has 0 bridgehead atoms. The van der Waals surface area contributed by atoms with Crippen LogP contribution in [0, 0.1) is 5.92 Å². The molecule has 0 aliphatic heterocycles. The van der Waals surface area contributed by atoms with Gasteiger partial charge in [0, 0.05) is 13.1 Å². The van der Waals surface area contributed by atoms with Crippen molar-refractivity contribution in [2.75, 3.05) is 11.9 Å². The Balaban J connectivity index is 2.48. The molecular formula is C13H22ClN3O. The Morgan fingerprint density at radius 1 is 1.44 bits per heavy atom. The minimum Gasteiger partial charge on any atom is -0.382 e. The lowest BCUT2D eigenvalue weighted by Crippen LogP contribution is -2.23. The van der Waals surface area contributed by atoms with Crippen molar-refractivity contribution in [2.24, 2.45) is 5.92 Å². The summed E-state index contributed by atoms with van der Waals surface area (Å²) in [6.45, 7) is 7.66. The molecule has 0 aliphatic carbocycles. The summed E-state index contributed by atoms with van der Waals surface area (Å²) in [6.07, 6.45) is 5.11. The molecule has 1 aromatic heterocycles. The van der Waals surface area contributed by atoms with Crippen LogP contribution in [0.3, 0.4) is 0 Å². The molecule has 0 saturated heterocycles. The smallest absolute Gasteiger partial charge is 0.287 e. The van der Waals surface area contributed by atoms with E-state index in [-0.39, 0.29) is 10.6 Å². The maximum absolute atomic E-state index is 11.7. The van der Waals surface area contributed by atoms with E-state index >= 15 is 0 Å². The molecule has 0 spiro atoms. The van der Waals surface area contributed by atoms with E-state index in [1.54, 1.807) is 6.20 Å². The third-order valence-electron chi connectivity index (χ3n) is 2.81. The molecule has 1 rings (SSSR count). The lowest BCUT2D eigenvalue weighted by molar-refractivity contribution is 0.544. The van der Waals surface area contributed by atoms with Crippen LogP contribution in [-0.4, -0.2) is 16.3 Å². The molecule has 0 saturated carbocycles. The summed E-state index contributed by atoms with van der Waals surface area (Å²) in [5.41, 5.74) is 0.405.